The third-order valence-corrected chi connectivity index (χ3v) is 4.01. The Morgan fingerprint density at radius 1 is 1.05 bits per heavy atom. The number of aliphatic imine (C=N–C) groups is 3. The molecule has 1 N–H and O–H groups in total. The van der Waals surface area contributed by atoms with Crippen LogP contribution in [-0.2, 0) is 17.6 Å². The maximum atomic E-state index is 11.7. The van der Waals surface area contributed by atoms with Crippen LogP contribution in [0.1, 0.15) is 17.5 Å². The largest absolute Gasteiger partial charge is 0.350 e. The molecule has 2 aliphatic heterocycles. The Morgan fingerprint density at radius 2 is 1.86 bits per heavy atom. The Bertz CT molecular complexity index is 761. The third-order valence-electron chi connectivity index (χ3n) is 4.01. The molecule has 0 aromatic heterocycles. The number of benzene rings is 1. The fraction of sp³-hybridized carbons (Fsp3) is 0.267. The van der Waals surface area contributed by atoms with Crippen LogP contribution in [0, 0.1) is 5.92 Å². The third kappa shape index (κ3) is 1.99. The molecule has 1 unspecified atom stereocenters. The van der Waals surface area contributed by atoms with Gasteiger partial charge in [-0.2, -0.15) is 4.99 Å². The zero-order valence-electron chi connectivity index (χ0n) is 11.2. The molecule has 0 bridgehead atoms. The number of carbonyl (C=O) groups excluding carboxylic acids is 2. The van der Waals surface area contributed by atoms with E-state index in [2.05, 4.69) is 32.4 Å². The van der Waals surface area contributed by atoms with Crippen molar-refractivity contribution < 1.29 is 9.59 Å². The minimum atomic E-state index is -0.673. The number of fused-ring (bicyclic) bond motifs is 2. The lowest BCUT2D eigenvalue weighted by Crippen LogP contribution is -2.41. The summed E-state index contributed by atoms with van der Waals surface area (Å²) < 4.78 is 0. The van der Waals surface area contributed by atoms with E-state index in [1.807, 2.05) is 12.1 Å². The van der Waals surface area contributed by atoms with E-state index in [4.69, 9.17) is 0 Å². The summed E-state index contributed by atoms with van der Waals surface area (Å²) >= 11 is 0. The number of urea groups is 1. The zero-order valence-corrected chi connectivity index (χ0v) is 11.2. The first kappa shape index (κ1) is 12.1. The van der Waals surface area contributed by atoms with Crippen molar-refractivity contribution in [1.29, 1.82) is 0 Å². The van der Waals surface area contributed by atoms with Crippen LogP contribution in [0.2, 0.25) is 0 Å². The minimum Gasteiger partial charge on any atom is -0.271 e. The average Bonchev–Trinajstić information content (AvgIpc) is 2.91. The second-order valence-corrected chi connectivity index (χ2v) is 5.33. The van der Waals surface area contributed by atoms with Crippen molar-refractivity contribution in [2.75, 3.05) is 0 Å². The quantitative estimate of drug-likeness (QED) is 0.840. The highest BCUT2D eigenvalue weighted by atomic mass is 16.2. The van der Waals surface area contributed by atoms with Crippen molar-refractivity contribution in [3.05, 3.63) is 35.4 Å². The minimum absolute atomic E-state index is 0.151. The van der Waals surface area contributed by atoms with Crippen molar-refractivity contribution in [2.45, 2.75) is 19.3 Å². The van der Waals surface area contributed by atoms with Crippen LogP contribution in [0.25, 0.3) is 0 Å². The summed E-state index contributed by atoms with van der Waals surface area (Å²) in [5, 5.41) is 2.12. The molecule has 0 fully saturated rings. The molecule has 0 saturated carbocycles. The standard InChI is InChI=1S/C15H12N4O2/c20-14-11-13(18-15(21)19-14)17-12(16-11)10-6-5-8-3-1-2-4-9(8)7-10/h1-4,10H,5-7H2,(H,19,20,21). The van der Waals surface area contributed by atoms with Crippen molar-refractivity contribution in [3.8, 4) is 0 Å². The van der Waals surface area contributed by atoms with Gasteiger partial charge in [0.15, 0.2) is 11.5 Å². The molecule has 1 aromatic rings. The topological polar surface area (TPSA) is 83.2 Å². The number of imide groups is 1. The second kappa shape index (κ2) is 4.44. The predicted molar refractivity (Wildman–Crippen MR) is 77.8 cm³/mol. The van der Waals surface area contributed by atoms with Crippen molar-refractivity contribution in [2.24, 2.45) is 20.9 Å². The first-order chi connectivity index (χ1) is 10.2. The molecule has 3 aliphatic rings. The van der Waals surface area contributed by atoms with Gasteiger partial charge in [0, 0.05) is 5.92 Å². The van der Waals surface area contributed by atoms with Gasteiger partial charge < -0.3 is 0 Å². The number of hydrogen-bond acceptors (Lipinski definition) is 4. The van der Waals surface area contributed by atoms with Crippen LogP contribution in [0.3, 0.4) is 0 Å². The van der Waals surface area contributed by atoms with Gasteiger partial charge in [-0.1, -0.05) is 24.3 Å². The van der Waals surface area contributed by atoms with Gasteiger partial charge >= 0.3 is 6.03 Å². The normalized spacial score (nSPS) is 23.6. The van der Waals surface area contributed by atoms with Crippen LogP contribution in [-0.4, -0.2) is 29.3 Å². The first-order valence-corrected chi connectivity index (χ1v) is 6.89. The second-order valence-electron chi connectivity index (χ2n) is 5.33. The molecule has 1 aliphatic carbocycles. The number of amides is 3. The number of nitrogens with zero attached hydrogens (tertiary/aromatic N) is 3. The predicted octanol–water partition coefficient (Wildman–Crippen LogP) is 1.29. The summed E-state index contributed by atoms with van der Waals surface area (Å²) in [6, 6.07) is 7.66. The van der Waals surface area contributed by atoms with E-state index < -0.39 is 11.9 Å². The Hall–Kier alpha value is -2.63. The van der Waals surface area contributed by atoms with E-state index in [1.54, 1.807) is 0 Å². The van der Waals surface area contributed by atoms with E-state index in [0.29, 0.717) is 5.84 Å². The summed E-state index contributed by atoms with van der Waals surface area (Å²) in [7, 11) is 0. The highest BCUT2D eigenvalue weighted by Gasteiger charge is 2.34. The SMILES string of the molecule is O=C1N=C2N=C(C3CCc4ccccc4C3)N=C2C(=O)N1. The molecule has 4 rings (SSSR count). The van der Waals surface area contributed by atoms with Gasteiger partial charge in [0.25, 0.3) is 5.91 Å². The number of nitrogens with one attached hydrogen (secondary N) is 1. The van der Waals surface area contributed by atoms with E-state index in [-0.39, 0.29) is 17.5 Å². The highest BCUT2D eigenvalue weighted by molar-refractivity contribution is 6.72. The van der Waals surface area contributed by atoms with Crippen molar-refractivity contribution in [3.63, 3.8) is 0 Å². The molecule has 0 radical (unpaired) electrons. The monoisotopic (exact) mass is 280 g/mol. The molecular weight excluding hydrogens is 268 g/mol. The molecule has 2 heterocycles. The first-order valence-electron chi connectivity index (χ1n) is 6.89. The number of amidine groups is 2. The molecule has 6 heteroatoms. The van der Waals surface area contributed by atoms with Gasteiger partial charge in [-0.05, 0) is 30.4 Å². The zero-order chi connectivity index (χ0) is 14.4. The molecule has 1 atom stereocenters. The fourth-order valence-electron chi connectivity index (χ4n) is 2.96. The molecule has 0 spiro atoms. The Kier molecular flexibility index (Phi) is 2.57. The molecule has 1 aromatic carbocycles. The summed E-state index contributed by atoms with van der Waals surface area (Å²) in [6.07, 6.45) is 2.77. The van der Waals surface area contributed by atoms with Gasteiger partial charge in [-0.15, -0.1) is 0 Å². The Labute approximate surface area is 120 Å². The molecule has 104 valence electrons. The van der Waals surface area contributed by atoms with Gasteiger partial charge in [-0.3, -0.25) is 10.1 Å². The summed E-state index contributed by atoms with van der Waals surface area (Å²) in [5.41, 5.74) is 2.82. The molecule has 3 amide bonds. The van der Waals surface area contributed by atoms with Crippen LogP contribution in [0.15, 0.2) is 39.2 Å². The maximum Gasteiger partial charge on any atom is 0.350 e. The van der Waals surface area contributed by atoms with Crippen LogP contribution in [0.5, 0.6) is 0 Å². The Balaban J connectivity index is 1.65. The van der Waals surface area contributed by atoms with Crippen molar-refractivity contribution in [1.82, 2.24) is 5.32 Å². The lowest BCUT2D eigenvalue weighted by atomic mass is 9.83. The summed E-state index contributed by atoms with van der Waals surface area (Å²) in [5.74, 6) is 0.421. The van der Waals surface area contributed by atoms with Gasteiger partial charge in [0.2, 0.25) is 0 Å². The summed E-state index contributed by atoms with van der Waals surface area (Å²) in [4.78, 5) is 35.2. The van der Waals surface area contributed by atoms with Crippen LogP contribution < -0.4 is 5.32 Å². The molecule has 6 nitrogen and oxygen atoms in total. The number of aryl methyl sites for hydroxylation is 1. The number of carbonyl (C=O) groups is 2. The lowest BCUT2D eigenvalue weighted by Gasteiger charge is -2.23. The number of hydrogen-bond donors (Lipinski definition) is 1. The van der Waals surface area contributed by atoms with E-state index in [1.165, 1.54) is 11.1 Å². The van der Waals surface area contributed by atoms with E-state index in [9.17, 15) is 9.59 Å². The molecule has 0 saturated heterocycles. The van der Waals surface area contributed by atoms with Gasteiger partial charge in [0.1, 0.15) is 5.84 Å². The summed E-state index contributed by atoms with van der Waals surface area (Å²) in [6.45, 7) is 0. The Morgan fingerprint density at radius 3 is 2.71 bits per heavy atom. The van der Waals surface area contributed by atoms with E-state index in [0.717, 1.165) is 19.3 Å². The average molecular weight is 280 g/mol. The maximum absolute atomic E-state index is 11.7. The lowest BCUT2D eigenvalue weighted by molar-refractivity contribution is -0.113. The van der Waals surface area contributed by atoms with Gasteiger partial charge in [0.05, 0.1) is 0 Å². The molecular formula is C15H12N4O2. The number of rotatable bonds is 1. The fourth-order valence-corrected chi connectivity index (χ4v) is 2.96. The van der Waals surface area contributed by atoms with Crippen molar-refractivity contribution >= 4 is 29.3 Å². The van der Waals surface area contributed by atoms with E-state index >= 15 is 0 Å². The smallest absolute Gasteiger partial charge is 0.271 e. The van der Waals surface area contributed by atoms with Gasteiger partial charge in [-0.25, -0.2) is 14.8 Å². The van der Waals surface area contributed by atoms with Crippen LogP contribution in [0.4, 0.5) is 4.79 Å². The highest BCUT2D eigenvalue weighted by Crippen LogP contribution is 2.28. The molecule has 21 heavy (non-hydrogen) atoms. The van der Waals surface area contributed by atoms with Crippen LogP contribution >= 0.6 is 0 Å².